The number of para-hydroxylation sites is 1. The van der Waals surface area contributed by atoms with Crippen molar-refractivity contribution in [1.29, 1.82) is 0 Å². The predicted octanol–water partition coefficient (Wildman–Crippen LogP) is 7.93. The average Bonchev–Trinajstić information content (AvgIpc) is 3.97. The van der Waals surface area contributed by atoms with E-state index in [1.807, 2.05) is 46.0 Å². The van der Waals surface area contributed by atoms with E-state index in [-0.39, 0.29) is 46.0 Å². The molecule has 2 aliphatic heterocycles. The van der Waals surface area contributed by atoms with E-state index in [0.717, 1.165) is 51.5 Å². The minimum absolute atomic E-state index is 0.0935. The van der Waals surface area contributed by atoms with E-state index >= 15 is 0 Å². The van der Waals surface area contributed by atoms with Crippen LogP contribution >= 0.6 is 45.9 Å². The van der Waals surface area contributed by atoms with Crippen molar-refractivity contribution in [2.24, 2.45) is 0 Å². The van der Waals surface area contributed by atoms with Crippen molar-refractivity contribution >= 4 is 87.6 Å². The van der Waals surface area contributed by atoms with Crippen molar-refractivity contribution in [3.63, 3.8) is 0 Å². The van der Waals surface area contributed by atoms with Gasteiger partial charge in [-0.1, -0.05) is 71.2 Å². The van der Waals surface area contributed by atoms with Gasteiger partial charge in [0.05, 0.1) is 38.1 Å². The van der Waals surface area contributed by atoms with E-state index in [9.17, 15) is 37.1 Å². The number of piperazine rings is 2. The van der Waals surface area contributed by atoms with Crippen molar-refractivity contribution in [3.05, 3.63) is 154 Å². The maximum atomic E-state index is 13.0. The number of benzene rings is 4. The third-order valence-electron chi connectivity index (χ3n) is 10.6. The zero-order chi connectivity index (χ0) is 46.5. The van der Waals surface area contributed by atoms with Crippen LogP contribution < -0.4 is 14.5 Å². The fourth-order valence-corrected chi connectivity index (χ4v) is 12.3. The summed E-state index contributed by atoms with van der Waals surface area (Å²) in [6.07, 6.45) is 1.39. The first-order chi connectivity index (χ1) is 31.0. The third-order valence-corrected chi connectivity index (χ3v) is 17.0. The second kappa shape index (κ2) is 20.5. The molecule has 2 fully saturated rings. The van der Waals surface area contributed by atoms with Crippen LogP contribution in [-0.4, -0.2) is 105 Å². The Bertz CT molecular complexity index is 2920. The molecule has 0 radical (unpaired) electrons. The molecule has 17 nitrogen and oxygen atoms in total. The number of halogens is 2. The molecule has 0 N–H and O–H groups in total. The Morgan fingerprint density at radius 2 is 1.12 bits per heavy atom. The number of thiazole rings is 2. The molecule has 342 valence electrons. The van der Waals surface area contributed by atoms with Gasteiger partial charge in [0, 0.05) is 93.7 Å². The van der Waals surface area contributed by atoms with Gasteiger partial charge in [-0.3, -0.25) is 20.2 Å². The van der Waals surface area contributed by atoms with Gasteiger partial charge in [0.2, 0.25) is 20.0 Å². The number of methoxy groups -OCH3 is 1. The molecule has 2 aromatic heterocycles. The van der Waals surface area contributed by atoms with Gasteiger partial charge >= 0.3 is 0 Å². The lowest BCUT2D eigenvalue weighted by Crippen LogP contribution is -2.48. The summed E-state index contributed by atoms with van der Waals surface area (Å²) in [6, 6.07) is 23.2. The smallest absolute Gasteiger partial charge is 0.289 e. The number of nitro benzene ring substituents is 2. The summed E-state index contributed by atoms with van der Waals surface area (Å²) in [6.45, 7) is 5.02. The average molecular weight is 1000 g/mol. The Kier molecular flexibility index (Phi) is 15.0. The molecule has 8 rings (SSSR count). The molecule has 65 heavy (non-hydrogen) atoms. The molecule has 0 saturated carbocycles. The van der Waals surface area contributed by atoms with Crippen LogP contribution in [0.1, 0.15) is 28.1 Å². The van der Waals surface area contributed by atoms with E-state index in [1.165, 1.54) is 55.3 Å². The molecule has 0 amide bonds. The Labute approximate surface area is 393 Å². The maximum absolute atomic E-state index is 13.0. The number of nitro groups is 2. The highest BCUT2D eigenvalue weighted by molar-refractivity contribution is 7.89. The summed E-state index contributed by atoms with van der Waals surface area (Å²) < 4.78 is 60.0. The quantitative estimate of drug-likeness (QED) is 0.0798. The SMILES string of the molecule is COc1ccccc1Cc1csc(N2CCN(S(=O)(=O)c3ccc(Cl)c([N+](=O)[O-])c3)CC2)n1.Cc1cccc(Cc2csc(N3CCN(S(=O)(=O)c4ccc(Cl)c([N+](=O)[O-])c4)CC3)n2)c1. The first-order valence-corrected chi connectivity index (χ1v) is 25.4. The van der Waals surface area contributed by atoms with Gasteiger partial charge < -0.3 is 14.5 Å². The topological polar surface area (TPSA) is 203 Å². The number of anilines is 2. The number of hydrogen-bond acceptors (Lipinski definition) is 15. The van der Waals surface area contributed by atoms with Gasteiger partial charge in [-0.25, -0.2) is 26.8 Å². The van der Waals surface area contributed by atoms with E-state index in [1.54, 1.807) is 18.4 Å². The lowest BCUT2D eigenvalue weighted by Gasteiger charge is -2.33. The summed E-state index contributed by atoms with van der Waals surface area (Å²) >= 11 is 14.7. The molecule has 2 aliphatic rings. The van der Waals surface area contributed by atoms with Crippen LogP contribution in [-0.2, 0) is 32.9 Å². The van der Waals surface area contributed by atoms with Crippen molar-refractivity contribution < 1.29 is 31.4 Å². The normalized spacial score (nSPS) is 15.0. The Balaban J connectivity index is 0.000000194. The molecular weight excluding hydrogens is 960 g/mol. The first-order valence-electron chi connectivity index (χ1n) is 20.0. The summed E-state index contributed by atoms with van der Waals surface area (Å²) in [4.78, 5) is 34.2. The van der Waals surface area contributed by atoms with E-state index in [0.29, 0.717) is 32.6 Å². The van der Waals surface area contributed by atoms with Crippen LogP contribution in [0.25, 0.3) is 0 Å². The number of nitrogens with zero attached hydrogens (tertiary/aromatic N) is 8. The number of sulfonamides is 2. The first kappa shape index (κ1) is 47.7. The second-order valence-electron chi connectivity index (χ2n) is 14.9. The standard InChI is InChI=1S/C21H21ClN4O5S2.C21H21ClN4O4S2/c1-31-20-5-3-2-4-15(20)12-16-14-32-21(23-16)24-8-10-25(11-9-24)33(29,30)17-6-7-18(22)19(13-17)26(27)28;1-15-3-2-4-16(11-15)12-17-14-31-21(23-17)24-7-9-25(10-8-24)32(29,30)18-5-6-19(22)20(13-18)26(27)28/h2-7,13-14H,8-12H2,1H3;2-6,11,13-14H,7-10,12H2,1H3. The zero-order valence-corrected chi connectivity index (χ0v) is 39.7. The monoisotopic (exact) mass is 1000 g/mol. The minimum Gasteiger partial charge on any atom is -0.496 e. The highest BCUT2D eigenvalue weighted by atomic mass is 35.5. The summed E-state index contributed by atoms with van der Waals surface area (Å²) in [5.41, 5.74) is 4.51. The van der Waals surface area contributed by atoms with Crippen molar-refractivity contribution in [2.45, 2.75) is 29.6 Å². The van der Waals surface area contributed by atoms with E-state index < -0.39 is 41.3 Å². The number of hydrogen-bond donors (Lipinski definition) is 0. The molecular formula is C42H42Cl2N8O9S4. The van der Waals surface area contributed by atoms with Crippen LogP contribution in [0.3, 0.4) is 0 Å². The molecule has 0 spiro atoms. The number of rotatable bonds is 13. The van der Waals surface area contributed by atoms with Crippen molar-refractivity contribution in [2.75, 3.05) is 69.3 Å². The molecule has 6 aromatic rings. The van der Waals surface area contributed by atoms with Crippen molar-refractivity contribution in [1.82, 2.24) is 18.6 Å². The third kappa shape index (κ3) is 11.2. The maximum Gasteiger partial charge on any atom is 0.289 e. The summed E-state index contributed by atoms with van der Waals surface area (Å²) in [5, 5.41) is 27.8. The van der Waals surface area contributed by atoms with Gasteiger partial charge in [-0.05, 0) is 42.8 Å². The van der Waals surface area contributed by atoms with Crippen LogP contribution in [0.5, 0.6) is 5.75 Å². The molecule has 0 unspecified atom stereocenters. The molecule has 0 bridgehead atoms. The Hall–Kier alpha value is -5.26. The van der Waals surface area contributed by atoms with Gasteiger partial charge in [-0.15, -0.1) is 22.7 Å². The van der Waals surface area contributed by atoms with Gasteiger partial charge in [-0.2, -0.15) is 8.61 Å². The highest BCUT2D eigenvalue weighted by Gasteiger charge is 2.33. The molecule has 23 heteroatoms. The van der Waals surface area contributed by atoms with E-state index in [4.69, 9.17) is 37.9 Å². The van der Waals surface area contributed by atoms with E-state index in [2.05, 4.69) is 30.0 Å². The van der Waals surface area contributed by atoms with Crippen molar-refractivity contribution in [3.8, 4) is 5.75 Å². The molecule has 2 saturated heterocycles. The highest BCUT2D eigenvalue weighted by Crippen LogP contribution is 2.32. The largest absolute Gasteiger partial charge is 0.496 e. The van der Waals surface area contributed by atoms with Gasteiger partial charge in [0.15, 0.2) is 10.3 Å². The molecule has 4 aromatic carbocycles. The Morgan fingerprint density at radius 3 is 1.58 bits per heavy atom. The van der Waals surface area contributed by atoms with Crippen LogP contribution in [0, 0.1) is 27.2 Å². The summed E-state index contributed by atoms with van der Waals surface area (Å²) in [7, 11) is -6.08. The van der Waals surface area contributed by atoms with Crippen LogP contribution in [0.2, 0.25) is 10.0 Å². The fourth-order valence-electron chi connectivity index (χ4n) is 7.24. The van der Waals surface area contributed by atoms with Crippen LogP contribution in [0.4, 0.5) is 21.6 Å². The summed E-state index contributed by atoms with van der Waals surface area (Å²) in [5.74, 6) is 0.813. The second-order valence-corrected chi connectivity index (χ2v) is 21.3. The number of aryl methyl sites for hydroxylation is 1. The molecule has 0 atom stereocenters. The molecule has 4 heterocycles. The lowest BCUT2D eigenvalue weighted by molar-refractivity contribution is -0.385. The van der Waals surface area contributed by atoms with Crippen LogP contribution in [0.15, 0.2) is 105 Å². The zero-order valence-electron chi connectivity index (χ0n) is 34.9. The van der Waals surface area contributed by atoms with Gasteiger partial charge in [0.1, 0.15) is 15.8 Å². The fraction of sp³-hybridized carbons (Fsp3) is 0.286. The minimum atomic E-state index is -3.87. The Morgan fingerprint density at radius 1 is 0.646 bits per heavy atom. The predicted molar refractivity (Wildman–Crippen MR) is 252 cm³/mol. The number of aromatic nitrogens is 2. The number of ether oxygens (including phenoxy) is 1. The molecule has 0 aliphatic carbocycles. The lowest BCUT2D eigenvalue weighted by atomic mass is 10.1. The van der Waals surface area contributed by atoms with Gasteiger partial charge in [0.25, 0.3) is 11.4 Å².